The summed E-state index contributed by atoms with van der Waals surface area (Å²) in [6.45, 7) is 12.2. The topological polar surface area (TPSA) is 20.3 Å². The van der Waals surface area contributed by atoms with E-state index in [-0.39, 0.29) is 5.78 Å². The zero-order valence-electron chi connectivity index (χ0n) is 13.7. The average molecular weight is 369 g/mol. The first-order valence-electron chi connectivity index (χ1n) is 8.14. The van der Waals surface area contributed by atoms with E-state index < -0.39 is 21.7 Å². The molecule has 0 amide bonds. The molecule has 0 aliphatic heterocycles. The summed E-state index contributed by atoms with van der Waals surface area (Å²) < 4.78 is 5.59. The molecule has 0 saturated heterocycles. The van der Waals surface area contributed by atoms with Crippen molar-refractivity contribution in [3.8, 4) is 0 Å². The summed E-state index contributed by atoms with van der Waals surface area (Å²) in [7, 11) is 0. The van der Waals surface area contributed by atoms with Crippen molar-refractivity contribution in [1.29, 1.82) is 0 Å². The van der Waals surface area contributed by atoms with Crippen molar-refractivity contribution in [2.75, 3.05) is 6.54 Å². The van der Waals surface area contributed by atoms with E-state index in [1.165, 1.54) is 33.3 Å². The van der Waals surface area contributed by atoms with Crippen LogP contribution in [0.3, 0.4) is 0 Å². The minimum atomic E-state index is -1.67. The van der Waals surface area contributed by atoms with Crippen LogP contribution in [0.4, 0.5) is 0 Å². The summed E-state index contributed by atoms with van der Waals surface area (Å²) in [5.41, 5.74) is 1.33. The van der Waals surface area contributed by atoms with Crippen molar-refractivity contribution < 1.29 is 4.79 Å². The Labute approximate surface area is 128 Å². The van der Waals surface area contributed by atoms with Gasteiger partial charge in [-0.3, -0.25) is 0 Å². The van der Waals surface area contributed by atoms with E-state index in [2.05, 4.69) is 30.6 Å². The van der Waals surface area contributed by atoms with E-state index >= 15 is 0 Å². The summed E-state index contributed by atoms with van der Waals surface area (Å²) in [5.74, 6) is 0.288. The summed E-state index contributed by atoms with van der Waals surface area (Å²) in [6, 6.07) is 0. The van der Waals surface area contributed by atoms with E-state index in [0.717, 1.165) is 13.0 Å². The fourth-order valence-corrected chi connectivity index (χ4v) is 12.9. The van der Waals surface area contributed by atoms with Gasteiger partial charge in [0.15, 0.2) is 0 Å². The summed E-state index contributed by atoms with van der Waals surface area (Å²) in [6.07, 6.45) is 7.38. The van der Waals surface area contributed by atoms with Crippen LogP contribution in [0.1, 0.15) is 66.7 Å². The predicted octanol–water partition coefficient (Wildman–Crippen LogP) is 4.78. The SMILES string of the molecule is CCC[N](/C(=C\C(=O)CC)CC)[In]([CH2]CC)[CH2]CC. The van der Waals surface area contributed by atoms with Gasteiger partial charge >= 0.3 is 129 Å². The van der Waals surface area contributed by atoms with E-state index in [1.54, 1.807) is 0 Å². The van der Waals surface area contributed by atoms with Crippen LogP contribution in [0.15, 0.2) is 11.8 Å². The first-order chi connectivity index (χ1) is 9.14. The van der Waals surface area contributed by atoms with Gasteiger partial charge in [-0.15, -0.1) is 0 Å². The molecule has 0 aromatic heterocycles. The number of hydrogen-bond donors (Lipinski definition) is 0. The van der Waals surface area contributed by atoms with Gasteiger partial charge in [0.05, 0.1) is 0 Å². The van der Waals surface area contributed by atoms with E-state index in [9.17, 15) is 4.79 Å². The van der Waals surface area contributed by atoms with Gasteiger partial charge in [0.1, 0.15) is 0 Å². The van der Waals surface area contributed by atoms with Crippen LogP contribution < -0.4 is 0 Å². The van der Waals surface area contributed by atoms with Gasteiger partial charge in [0, 0.05) is 0 Å². The monoisotopic (exact) mass is 369 g/mol. The standard InChI is InChI=1S/C10H19NO.2C3H7.In/c1-4-7-11-9(5-2)8-10(12)6-3;2*1-3-2;/h8H,4-7H2,1-3H3,(H,11,12);2*1,3H2,2H3;/q;;;+1/p-1. The van der Waals surface area contributed by atoms with E-state index in [4.69, 9.17) is 0 Å². The van der Waals surface area contributed by atoms with Crippen LogP contribution in [0.2, 0.25) is 8.35 Å². The van der Waals surface area contributed by atoms with Crippen LogP contribution in [-0.4, -0.2) is 36.9 Å². The molecule has 3 heteroatoms. The Bertz CT molecular complexity index is 270. The Balaban J connectivity index is 5.09. The molecule has 0 aliphatic rings. The van der Waals surface area contributed by atoms with Gasteiger partial charge in [0.25, 0.3) is 0 Å². The Morgan fingerprint density at radius 2 is 1.53 bits per heavy atom. The molecular formula is C16H32InNO. The van der Waals surface area contributed by atoms with Crippen molar-refractivity contribution in [2.24, 2.45) is 0 Å². The molecule has 0 N–H and O–H groups in total. The third-order valence-corrected chi connectivity index (χ3v) is 14.9. The average Bonchev–Trinajstić information content (AvgIpc) is 2.42. The molecular weight excluding hydrogens is 337 g/mol. The van der Waals surface area contributed by atoms with Gasteiger partial charge in [-0.25, -0.2) is 0 Å². The molecule has 0 rings (SSSR count). The number of carbonyl (C=O) groups is 1. The molecule has 0 aromatic rings. The second kappa shape index (κ2) is 11.9. The Morgan fingerprint density at radius 1 is 0.947 bits per heavy atom. The fraction of sp³-hybridized carbons (Fsp3) is 0.812. The second-order valence-electron chi connectivity index (χ2n) is 5.23. The zero-order valence-corrected chi connectivity index (χ0v) is 17.0. The molecule has 0 aromatic carbocycles. The molecule has 0 saturated carbocycles. The first-order valence-corrected chi connectivity index (χ1v) is 14.3. The number of ketones is 1. The Hall–Kier alpha value is 0.0801. The van der Waals surface area contributed by atoms with Gasteiger partial charge in [-0.1, -0.05) is 0 Å². The van der Waals surface area contributed by atoms with Gasteiger partial charge in [-0.2, -0.15) is 0 Å². The van der Waals surface area contributed by atoms with Crippen LogP contribution >= 0.6 is 0 Å². The number of carbonyl (C=O) groups excluding carboxylic acids is 1. The maximum absolute atomic E-state index is 11.7. The Kier molecular flexibility index (Phi) is 11.9. The van der Waals surface area contributed by atoms with Crippen molar-refractivity contribution in [3.63, 3.8) is 0 Å². The number of allylic oxidation sites excluding steroid dienone is 2. The third-order valence-electron chi connectivity index (χ3n) is 3.56. The summed E-state index contributed by atoms with van der Waals surface area (Å²) in [4.78, 5) is 11.7. The maximum atomic E-state index is 11.7. The number of hydrogen-bond acceptors (Lipinski definition) is 2. The third kappa shape index (κ3) is 7.43. The van der Waals surface area contributed by atoms with Crippen molar-refractivity contribution >= 4 is 27.5 Å². The molecule has 0 fully saturated rings. The first kappa shape index (κ1) is 19.1. The molecule has 0 atom stereocenters. The Morgan fingerprint density at radius 3 is 1.89 bits per heavy atom. The molecule has 0 unspecified atom stereocenters. The normalized spacial score (nSPS) is 11.5. The predicted molar refractivity (Wildman–Crippen MR) is 86.6 cm³/mol. The van der Waals surface area contributed by atoms with Crippen LogP contribution in [0, 0.1) is 0 Å². The van der Waals surface area contributed by atoms with Gasteiger partial charge in [0.2, 0.25) is 0 Å². The van der Waals surface area contributed by atoms with Crippen molar-refractivity contribution in [1.82, 2.24) is 2.89 Å². The fourth-order valence-electron chi connectivity index (χ4n) is 2.60. The van der Waals surface area contributed by atoms with E-state index in [0.29, 0.717) is 6.42 Å². The zero-order chi connectivity index (χ0) is 14.7. The molecule has 0 radical (unpaired) electrons. The quantitative estimate of drug-likeness (QED) is 0.489. The number of nitrogens with zero attached hydrogens (tertiary/aromatic N) is 1. The summed E-state index contributed by atoms with van der Waals surface area (Å²) >= 11 is -1.67. The molecule has 110 valence electrons. The molecule has 0 bridgehead atoms. The van der Waals surface area contributed by atoms with E-state index in [1.807, 2.05) is 13.0 Å². The van der Waals surface area contributed by atoms with Gasteiger partial charge in [-0.05, 0) is 0 Å². The molecule has 0 aliphatic carbocycles. The summed E-state index contributed by atoms with van der Waals surface area (Å²) in [5, 5.41) is 0. The second-order valence-corrected chi connectivity index (χ2v) is 14.0. The van der Waals surface area contributed by atoms with Crippen LogP contribution in [0.5, 0.6) is 0 Å². The number of rotatable bonds is 11. The van der Waals surface area contributed by atoms with Crippen molar-refractivity contribution in [2.45, 2.75) is 75.1 Å². The minimum absolute atomic E-state index is 0.288. The van der Waals surface area contributed by atoms with Crippen LogP contribution in [-0.2, 0) is 4.79 Å². The van der Waals surface area contributed by atoms with Crippen molar-refractivity contribution in [3.05, 3.63) is 11.8 Å². The molecule has 2 nitrogen and oxygen atoms in total. The van der Waals surface area contributed by atoms with Crippen LogP contribution in [0.25, 0.3) is 0 Å². The molecule has 0 heterocycles. The molecule has 19 heavy (non-hydrogen) atoms. The molecule has 0 spiro atoms. The van der Waals surface area contributed by atoms with Gasteiger partial charge < -0.3 is 0 Å².